The van der Waals surface area contributed by atoms with Crippen molar-refractivity contribution in [2.45, 2.75) is 186 Å². The summed E-state index contributed by atoms with van der Waals surface area (Å²) in [4.78, 5) is 24.7. The van der Waals surface area contributed by atoms with E-state index in [1.165, 1.54) is 92.0 Å². The second-order valence-corrected chi connectivity index (χ2v) is 31.3. The van der Waals surface area contributed by atoms with Gasteiger partial charge in [-0.05, 0) is 151 Å². The van der Waals surface area contributed by atoms with Gasteiger partial charge in [-0.2, -0.15) is 0 Å². The van der Waals surface area contributed by atoms with Gasteiger partial charge in [-0.3, -0.25) is 14.8 Å². The molecule has 2 aliphatic heterocycles. The van der Waals surface area contributed by atoms with Gasteiger partial charge in [-0.15, -0.1) is 46.8 Å². The molecule has 10 aromatic rings. The summed E-state index contributed by atoms with van der Waals surface area (Å²) in [5, 5.41) is 25.1. The number of hydrogen-bond acceptors (Lipinski definition) is 6. The molecule has 5 nitrogen and oxygen atoms in total. The summed E-state index contributed by atoms with van der Waals surface area (Å²) < 4.78 is 6.86. The van der Waals surface area contributed by atoms with E-state index in [1.807, 2.05) is 65.7 Å². The smallest absolute Gasteiger partial charge is 0.164 e. The van der Waals surface area contributed by atoms with Crippen molar-refractivity contribution < 1.29 is 34.7 Å². The van der Waals surface area contributed by atoms with Gasteiger partial charge in [0.2, 0.25) is 0 Å². The third-order valence-corrected chi connectivity index (χ3v) is 19.5. The van der Waals surface area contributed by atoms with Crippen LogP contribution in [0.15, 0.2) is 143 Å². The maximum atomic E-state index is 12.2. The molecule has 2 aliphatic rings. The Kier molecular flexibility index (Phi) is 18.9. The largest absolute Gasteiger partial charge is 0.512 e. The van der Waals surface area contributed by atoms with Crippen molar-refractivity contribution in [3.8, 4) is 34.0 Å². The number of benzene rings is 8. The molecule has 0 atom stereocenters. The number of pyridine rings is 2. The van der Waals surface area contributed by atoms with Crippen LogP contribution in [0.5, 0.6) is 11.5 Å². The standard InChI is InChI=1S/C33H32NO.C33H32NS.C15H28O2.Ir/c2*1-32(2,3)18-21-11-9-13-23-24-14-15-34-30-26-16-20-10-7-8-12-22(20)27(19-33(4,5)6)31(26)35-28(29(24)30)17-25(21)23;1-7-14(5,8-2)12(16)11-13(17)15(6,9-3)10-4;/h2*7-15,17H,18-19H2,1-6H3;11,16H,7-10H2,1-6H3;/q2*-1;;/b;;12-11-;. The van der Waals surface area contributed by atoms with E-state index in [-0.39, 0.29) is 64.1 Å². The summed E-state index contributed by atoms with van der Waals surface area (Å²) in [7, 11) is 0. The van der Waals surface area contributed by atoms with Crippen molar-refractivity contribution in [1.82, 2.24) is 9.97 Å². The number of carbonyl (C=O) groups is 1. The van der Waals surface area contributed by atoms with Crippen LogP contribution in [0.3, 0.4) is 0 Å². The molecule has 0 amide bonds. The zero-order valence-electron chi connectivity index (χ0n) is 55.7. The number of aromatic nitrogens is 2. The van der Waals surface area contributed by atoms with Crippen LogP contribution in [-0.4, -0.2) is 20.9 Å². The number of rotatable bonds is 11. The van der Waals surface area contributed by atoms with E-state index in [1.54, 1.807) is 0 Å². The summed E-state index contributed by atoms with van der Waals surface area (Å²) in [5.41, 5.74) is 9.79. The number of aliphatic hydroxyl groups excluding tert-OH is 1. The average molecular weight is 1370 g/mol. The molecule has 7 heteroatoms. The predicted octanol–water partition coefficient (Wildman–Crippen LogP) is 23.6. The first kappa shape index (κ1) is 66.1. The zero-order valence-corrected chi connectivity index (χ0v) is 58.9. The number of nitrogens with zero attached hydrogens (tertiary/aromatic N) is 2. The molecule has 0 fully saturated rings. The van der Waals surface area contributed by atoms with Gasteiger partial charge in [-0.25, -0.2) is 0 Å². The fourth-order valence-corrected chi connectivity index (χ4v) is 14.1. The Hall–Kier alpha value is -6.37. The number of aliphatic hydroxyl groups is 1. The Bertz CT molecular complexity index is 4080. The molecular weight excluding hydrogens is 1270 g/mol. The van der Waals surface area contributed by atoms with Gasteiger partial charge in [0.15, 0.2) is 5.78 Å². The molecule has 2 aromatic heterocycles. The van der Waals surface area contributed by atoms with Crippen LogP contribution in [0.25, 0.3) is 87.1 Å². The Balaban J connectivity index is 0.000000167. The van der Waals surface area contributed by atoms with Crippen LogP contribution in [0.1, 0.15) is 173 Å². The van der Waals surface area contributed by atoms with Crippen LogP contribution in [0.2, 0.25) is 0 Å². The van der Waals surface area contributed by atoms with Crippen LogP contribution in [0.4, 0.5) is 0 Å². The molecule has 88 heavy (non-hydrogen) atoms. The van der Waals surface area contributed by atoms with Gasteiger partial charge >= 0.3 is 0 Å². The zero-order chi connectivity index (χ0) is 62.8. The van der Waals surface area contributed by atoms with Crippen molar-refractivity contribution in [2.75, 3.05) is 0 Å². The summed E-state index contributed by atoms with van der Waals surface area (Å²) in [6.45, 7) is 39.8. The third-order valence-electron chi connectivity index (χ3n) is 18.3. The molecule has 0 aliphatic carbocycles. The van der Waals surface area contributed by atoms with Gasteiger partial charge in [0, 0.05) is 71.1 Å². The minimum absolute atomic E-state index is 0. The second kappa shape index (κ2) is 25.1. The molecule has 12 rings (SSSR count). The Labute approximate surface area is 543 Å². The maximum Gasteiger partial charge on any atom is 0.164 e. The monoisotopic (exact) mass is 1370 g/mol. The fraction of sp³-hybridized carbons (Fsp3) is 0.395. The molecule has 0 bridgehead atoms. The van der Waals surface area contributed by atoms with Crippen LogP contribution < -0.4 is 4.74 Å². The normalized spacial score (nSPS) is 13.4. The summed E-state index contributed by atoms with van der Waals surface area (Å²) in [6, 6.07) is 47.2. The Morgan fingerprint density at radius 2 is 0.943 bits per heavy atom. The first-order chi connectivity index (χ1) is 41.0. The molecule has 461 valence electrons. The van der Waals surface area contributed by atoms with Crippen molar-refractivity contribution in [3.63, 3.8) is 0 Å². The van der Waals surface area contributed by atoms with Crippen molar-refractivity contribution in [3.05, 3.63) is 168 Å². The molecule has 1 radical (unpaired) electrons. The number of hydrogen-bond donors (Lipinski definition) is 1. The van der Waals surface area contributed by atoms with Gasteiger partial charge < -0.3 is 9.84 Å². The second-order valence-electron chi connectivity index (χ2n) is 30.2. The van der Waals surface area contributed by atoms with Crippen molar-refractivity contribution in [1.29, 1.82) is 0 Å². The number of allylic oxidation sites excluding steroid dienone is 2. The number of carbonyl (C=O) groups excluding carboxylic acids is 1. The van der Waals surface area contributed by atoms with E-state index in [0.717, 1.165) is 96.2 Å². The van der Waals surface area contributed by atoms with Gasteiger partial charge in [0.05, 0.1) is 5.75 Å². The first-order valence-electron chi connectivity index (χ1n) is 31.9. The van der Waals surface area contributed by atoms with E-state index in [4.69, 9.17) is 14.7 Å². The molecule has 0 saturated heterocycles. The fourth-order valence-electron chi connectivity index (χ4n) is 12.8. The minimum Gasteiger partial charge on any atom is -0.512 e. The van der Waals surface area contributed by atoms with Crippen molar-refractivity contribution >= 4 is 82.2 Å². The van der Waals surface area contributed by atoms with Crippen molar-refractivity contribution in [2.24, 2.45) is 32.5 Å². The van der Waals surface area contributed by atoms with Gasteiger partial charge in [-0.1, -0.05) is 230 Å². The maximum absolute atomic E-state index is 12.2. The SMILES string of the molecule is CC(C)(C)Cc1c2c([c-]c3ccccc13)-c1nccc3c1c(cc1c(CC(C)(C)C)cccc13)O2.CC(C)(C)Cc1c2c([c-]c3ccccc13)-c1nccc3c1c(cc1c(CC(C)(C)C)cccc13)S2.CCC(C)(CC)C(=O)/C=C(\O)C(C)(CC)CC.[Ir]. The first-order valence-corrected chi connectivity index (χ1v) is 32.7. The van der Waals surface area contributed by atoms with E-state index < -0.39 is 0 Å². The molecule has 0 spiro atoms. The minimum atomic E-state index is -0.337. The summed E-state index contributed by atoms with van der Waals surface area (Å²) in [5.74, 6) is 2.11. The molecule has 4 heterocycles. The molecule has 1 N–H and O–H groups in total. The van der Waals surface area contributed by atoms with E-state index in [0.29, 0.717) is 0 Å². The molecular formula is C81H92IrN2O3S-2. The molecule has 8 aromatic carbocycles. The third kappa shape index (κ3) is 13.4. The van der Waals surface area contributed by atoms with Gasteiger partial charge in [0.25, 0.3) is 0 Å². The van der Waals surface area contributed by atoms with Crippen LogP contribution >= 0.6 is 11.8 Å². The summed E-state index contributed by atoms with van der Waals surface area (Å²) in [6.07, 6.45) is 12.7. The van der Waals surface area contributed by atoms with E-state index >= 15 is 0 Å². The van der Waals surface area contributed by atoms with E-state index in [2.05, 4.69) is 204 Å². The van der Waals surface area contributed by atoms with Crippen LogP contribution in [0, 0.1) is 44.6 Å². The summed E-state index contributed by atoms with van der Waals surface area (Å²) >= 11 is 1.93. The number of ether oxygens (including phenoxy) is 1. The average Bonchev–Trinajstić information content (AvgIpc) is 0.788. The predicted molar refractivity (Wildman–Crippen MR) is 372 cm³/mol. The number of fused-ring (bicyclic) bond motifs is 10. The number of ketones is 1. The quantitative estimate of drug-likeness (QED) is 0.0602. The Morgan fingerprint density at radius 3 is 1.45 bits per heavy atom. The van der Waals surface area contributed by atoms with Gasteiger partial charge in [0.1, 0.15) is 11.5 Å². The molecule has 0 unspecified atom stereocenters. The topological polar surface area (TPSA) is 72.3 Å². The Morgan fingerprint density at radius 1 is 0.500 bits per heavy atom. The van der Waals surface area contributed by atoms with E-state index in [9.17, 15) is 9.90 Å². The van der Waals surface area contributed by atoms with Crippen LogP contribution in [-0.2, 0) is 50.6 Å². The molecule has 0 saturated carbocycles.